The normalized spacial score (nSPS) is 12.1. The van der Waals surface area contributed by atoms with Crippen molar-refractivity contribution in [1.82, 2.24) is 0 Å². The number of benzene rings is 3. The molecule has 0 aliphatic carbocycles. The molecule has 3 nitrogen and oxygen atoms in total. The van der Waals surface area contributed by atoms with Crippen molar-refractivity contribution in [3.63, 3.8) is 0 Å². The van der Waals surface area contributed by atoms with Crippen LogP contribution in [0.15, 0.2) is 59.5 Å². The number of fused-ring (bicyclic) bond motifs is 3. The topological polar surface area (TPSA) is 60.2 Å². The Hall–Kier alpha value is -1.91. The van der Waals surface area contributed by atoms with Crippen molar-refractivity contribution < 1.29 is 8.42 Å². The van der Waals surface area contributed by atoms with Gasteiger partial charge in [-0.05, 0) is 33.7 Å². The van der Waals surface area contributed by atoms with Crippen molar-refractivity contribution in [3.05, 3.63) is 54.6 Å². The molecule has 0 aliphatic heterocycles. The van der Waals surface area contributed by atoms with Gasteiger partial charge in [0.1, 0.15) is 0 Å². The van der Waals surface area contributed by atoms with E-state index in [1.54, 1.807) is 18.2 Å². The maximum absolute atomic E-state index is 11.3. The molecule has 0 heterocycles. The highest BCUT2D eigenvalue weighted by Crippen LogP contribution is 2.26. The van der Waals surface area contributed by atoms with Crippen LogP contribution in [0.2, 0.25) is 0 Å². The van der Waals surface area contributed by atoms with Gasteiger partial charge < -0.3 is 0 Å². The van der Waals surface area contributed by atoms with E-state index in [4.69, 9.17) is 5.14 Å². The summed E-state index contributed by atoms with van der Waals surface area (Å²) in [5, 5.41) is 9.28. The van der Waals surface area contributed by atoms with Gasteiger partial charge in [-0.1, -0.05) is 42.5 Å². The van der Waals surface area contributed by atoms with Gasteiger partial charge in [0, 0.05) is 0 Å². The van der Waals surface area contributed by atoms with Gasteiger partial charge in [-0.3, -0.25) is 0 Å². The maximum atomic E-state index is 11.3. The summed E-state index contributed by atoms with van der Waals surface area (Å²) in [4.78, 5) is 0.144. The summed E-state index contributed by atoms with van der Waals surface area (Å²) in [6, 6.07) is 16.8. The molecule has 0 bridgehead atoms. The number of nitrogens with two attached hydrogens (primary N) is 1. The van der Waals surface area contributed by atoms with E-state index in [1.807, 2.05) is 36.4 Å². The molecule has 0 radical (unpaired) electrons. The average molecular weight is 257 g/mol. The minimum Gasteiger partial charge on any atom is -0.225 e. The second-order valence-corrected chi connectivity index (χ2v) is 5.78. The molecule has 0 saturated heterocycles. The third kappa shape index (κ3) is 1.75. The van der Waals surface area contributed by atoms with Gasteiger partial charge in [-0.2, -0.15) is 0 Å². The van der Waals surface area contributed by atoms with E-state index < -0.39 is 10.0 Å². The van der Waals surface area contributed by atoms with Crippen molar-refractivity contribution in [3.8, 4) is 0 Å². The summed E-state index contributed by atoms with van der Waals surface area (Å²) in [6.07, 6.45) is 0. The molecule has 3 aromatic carbocycles. The van der Waals surface area contributed by atoms with Crippen LogP contribution in [0.25, 0.3) is 21.5 Å². The van der Waals surface area contributed by atoms with Crippen molar-refractivity contribution >= 4 is 31.6 Å². The van der Waals surface area contributed by atoms with Crippen molar-refractivity contribution in [1.29, 1.82) is 0 Å². The Morgan fingerprint density at radius 2 is 1.44 bits per heavy atom. The van der Waals surface area contributed by atoms with E-state index in [1.165, 1.54) is 0 Å². The molecule has 2 N–H and O–H groups in total. The van der Waals surface area contributed by atoms with Gasteiger partial charge in [-0.25, -0.2) is 13.6 Å². The fourth-order valence-electron chi connectivity index (χ4n) is 2.17. The first kappa shape index (κ1) is 11.2. The molecule has 90 valence electrons. The van der Waals surface area contributed by atoms with Crippen LogP contribution in [0.1, 0.15) is 0 Å². The third-order valence-electron chi connectivity index (χ3n) is 3.04. The summed E-state index contributed by atoms with van der Waals surface area (Å²) in [5.74, 6) is 0. The lowest BCUT2D eigenvalue weighted by molar-refractivity contribution is 0.598. The molecule has 0 atom stereocenters. The zero-order chi connectivity index (χ0) is 12.8. The predicted octanol–water partition coefficient (Wildman–Crippen LogP) is 2.64. The molecule has 3 rings (SSSR count). The molecule has 18 heavy (non-hydrogen) atoms. The van der Waals surface area contributed by atoms with E-state index >= 15 is 0 Å². The Morgan fingerprint density at radius 3 is 2.22 bits per heavy atom. The maximum Gasteiger partial charge on any atom is 0.238 e. The zero-order valence-electron chi connectivity index (χ0n) is 9.50. The first-order chi connectivity index (χ1) is 8.55. The standard InChI is InChI=1S/C14H11NO2S/c15-18(16,17)12-7-8-14-11(9-12)6-5-10-3-1-2-4-13(10)14/h1-9H,(H2,15,16,17). The Bertz CT molecular complexity index is 854. The van der Waals surface area contributed by atoms with Crippen molar-refractivity contribution in [2.45, 2.75) is 4.90 Å². The first-order valence-electron chi connectivity index (χ1n) is 5.50. The molecule has 0 aromatic heterocycles. The minimum absolute atomic E-state index is 0.144. The Morgan fingerprint density at radius 1 is 0.778 bits per heavy atom. The van der Waals surface area contributed by atoms with Crippen LogP contribution in [-0.2, 0) is 10.0 Å². The van der Waals surface area contributed by atoms with E-state index in [9.17, 15) is 8.42 Å². The highest BCUT2D eigenvalue weighted by molar-refractivity contribution is 7.89. The van der Waals surface area contributed by atoms with Crippen LogP contribution in [0.4, 0.5) is 0 Å². The second-order valence-electron chi connectivity index (χ2n) is 4.21. The second kappa shape index (κ2) is 3.80. The Balaban J connectivity index is 2.42. The molecular weight excluding hydrogens is 246 g/mol. The van der Waals surface area contributed by atoms with E-state index in [0.717, 1.165) is 21.5 Å². The lowest BCUT2D eigenvalue weighted by Crippen LogP contribution is -2.11. The van der Waals surface area contributed by atoms with Crippen LogP contribution < -0.4 is 5.14 Å². The predicted molar refractivity (Wildman–Crippen MR) is 72.8 cm³/mol. The summed E-state index contributed by atoms with van der Waals surface area (Å²) < 4.78 is 22.6. The molecule has 0 saturated carbocycles. The Labute approximate surface area is 105 Å². The smallest absolute Gasteiger partial charge is 0.225 e. The minimum atomic E-state index is -3.65. The van der Waals surface area contributed by atoms with Crippen LogP contribution >= 0.6 is 0 Å². The van der Waals surface area contributed by atoms with Gasteiger partial charge in [-0.15, -0.1) is 0 Å². The largest absolute Gasteiger partial charge is 0.238 e. The quantitative estimate of drug-likeness (QED) is 0.681. The van der Waals surface area contributed by atoms with E-state index in [0.29, 0.717) is 0 Å². The average Bonchev–Trinajstić information content (AvgIpc) is 2.37. The molecular formula is C14H11NO2S. The number of primary sulfonamides is 1. The number of rotatable bonds is 1. The summed E-state index contributed by atoms with van der Waals surface area (Å²) in [6.45, 7) is 0. The van der Waals surface area contributed by atoms with Crippen molar-refractivity contribution in [2.24, 2.45) is 5.14 Å². The molecule has 0 spiro atoms. The van der Waals surface area contributed by atoms with Gasteiger partial charge in [0.2, 0.25) is 10.0 Å². The van der Waals surface area contributed by atoms with E-state index in [2.05, 4.69) is 0 Å². The number of hydrogen-bond donors (Lipinski definition) is 1. The highest BCUT2D eigenvalue weighted by atomic mass is 32.2. The molecule has 0 aliphatic rings. The van der Waals surface area contributed by atoms with Crippen molar-refractivity contribution in [2.75, 3.05) is 0 Å². The summed E-state index contributed by atoms with van der Waals surface area (Å²) in [7, 11) is -3.65. The van der Waals surface area contributed by atoms with E-state index in [-0.39, 0.29) is 4.90 Å². The molecule has 0 unspecified atom stereocenters. The van der Waals surface area contributed by atoms with Gasteiger partial charge in [0.25, 0.3) is 0 Å². The number of hydrogen-bond acceptors (Lipinski definition) is 2. The fraction of sp³-hybridized carbons (Fsp3) is 0. The summed E-state index contributed by atoms with van der Waals surface area (Å²) in [5.41, 5.74) is 0. The number of sulfonamides is 1. The lowest BCUT2D eigenvalue weighted by Gasteiger charge is -2.05. The molecule has 0 amide bonds. The SMILES string of the molecule is NS(=O)(=O)c1ccc2c(ccc3ccccc32)c1. The third-order valence-corrected chi connectivity index (χ3v) is 3.96. The van der Waals surface area contributed by atoms with Gasteiger partial charge in [0.15, 0.2) is 0 Å². The van der Waals surface area contributed by atoms with Gasteiger partial charge >= 0.3 is 0 Å². The zero-order valence-corrected chi connectivity index (χ0v) is 10.3. The summed E-state index contributed by atoms with van der Waals surface area (Å²) >= 11 is 0. The van der Waals surface area contributed by atoms with Crippen LogP contribution in [0, 0.1) is 0 Å². The van der Waals surface area contributed by atoms with Crippen LogP contribution in [0.3, 0.4) is 0 Å². The Kier molecular flexibility index (Phi) is 2.36. The van der Waals surface area contributed by atoms with Crippen LogP contribution in [0.5, 0.6) is 0 Å². The fourth-order valence-corrected chi connectivity index (χ4v) is 2.72. The highest BCUT2D eigenvalue weighted by Gasteiger charge is 2.09. The monoisotopic (exact) mass is 257 g/mol. The first-order valence-corrected chi connectivity index (χ1v) is 7.05. The van der Waals surface area contributed by atoms with Crippen LogP contribution in [-0.4, -0.2) is 8.42 Å². The lowest BCUT2D eigenvalue weighted by atomic mass is 10.0. The molecule has 0 fully saturated rings. The van der Waals surface area contributed by atoms with Gasteiger partial charge in [0.05, 0.1) is 4.90 Å². The molecule has 3 aromatic rings. The molecule has 4 heteroatoms.